The molecule has 13 heavy (non-hydrogen) atoms. The van der Waals surface area contributed by atoms with E-state index in [-0.39, 0.29) is 0 Å². The van der Waals surface area contributed by atoms with E-state index in [2.05, 4.69) is 26.1 Å². The third kappa shape index (κ3) is 7.03. The first-order valence-electron chi connectivity index (χ1n) is 5.45. The minimum atomic E-state index is -0.526. The summed E-state index contributed by atoms with van der Waals surface area (Å²) in [6.45, 7) is 10.1. The van der Waals surface area contributed by atoms with Crippen molar-refractivity contribution in [3.05, 3.63) is 0 Å². The molecule has 0 saturated carbocycles. The maximum absolute atomic E-state index is 9.84. The Labute approximate surface area is 82.7 Å². The molecule has 2 heteroatoms. The number of nitrogens with one attached hydrogen (secondary N) is 1. The van der Waals surface area contributed by atoms with Gasteiger partial charge in [0.15, 0.2) is 0 Å². The molecule has 0 heterocycles. The predicted molar refractivity (Wildman–Crippen MR) is 57.9 cm³/mol. The van der Waals surface area contributed by atoms with Gasteiger partial charge in [-0.3, -0.25) is 0 Å². The van der Waals surface area contributed by atoms with E-state index in [4.69, 9.17) is 0 Å². The summed E-state index contributed by atoms with van der Waals surface area (Å²) < 4.78 is 0. The standard InChI is InChI=1S/C11H25NO/c1-5-7-11(4,13)9-12-8-10(3)6-2/h10,12-13H,5-9H2,1-4H3. The summed E-state index contributed by atoms with van der Waals surface area (Å²) in [5.74, 6) is 0.706. The highest BCUT2D eigenvalue weighted by Crippen LogP contribution is 2.10. The van der Waals surface area contributed by atoms with Gasteiger partial charge in [-0.15, -0.1) is 0 Å². The van der Waals surface area contributed by atoms with Crippen molar-refractivity contribution in [3.8, 4) is 0 Å². The molecule has 0 aliphatic rings. The van der Waals surface area contributed by atoms with E-state index in [0.717, 1.165) is 19.4 Å². The first kappa shape index (κ1) is 12.9. The fourth-order valence-corrected chi connectivity index (χ4v) is 1.36. The Bertz CT molecular complexity index is 123. The molecule has 0 aromatic rings. The van der Waals surface area contributed by atoms with Crippen LogP contribution in [0.4, 0.5) is 0 Å². The average Bonchev–Trinajstić information content (AvgIpc) is 2.03. The monoisotopic (exact) mass is 187 g/mol. The Morgan fingerprint density at radius 3 is 2.46 bits per heavy atom. The van der Waals surface area contributed by atoms with Crippen LogP contribution in [0.15, 0.2) is 0 Å². The molecule has 2 atom stereocenters. The molecule has 0 aliphatic carbocycles. The first-order valence-corrected chi connectivity index (χ1v) is 5.45. The van der Waals surface area contributed by atoms with Gasteiger partial charge in [-0.25, -0.2) is 0 Å². The van der Waals surface area contributed by atoms with Gasteiger partial charge in [-0.1, -0.05) is 33.6 Å². The van der Waals surface area contributed by atoms with Crippen LogP contribution in [0.1, 0.15) is 47.0 Å². The number of hydrogen-bond donors (Lipinski definition) is 2. The molecule has 0 radical (unpaired) electrons. The fraction of sp³-hybridized carbons (Fsp3) is 1.00. The predicted octanol–water partition coefficient (Wildman–Crippen LogP) is 2.17. The fourth-order valence-electron chi connectivity index (χ4n) is 1.36. The highest BCUT2D eigenvalue weighted by molar-refractivity contribution is 4.74. The van der Waals surface area contributed by atoms with Crippen LogP contribution >= 0.6 is 0 Å². The van der Waals surface area contributed by atoms with Crippen LogP contribution in [0.3, 0.4) is 0 Å². The second-order valence-corrected chi connectivity index (χ2v) is 4.39. The lowest BCUT2D eigenvalue weighted by Gasteiger charge is -2.23. The van der Waals surface area contributed by atoms with Crippen LogP contribution in [0.5, 0.6) is 0 Å². The van der Waals surface area contributed by atoms with Crippen LogP contribution in [0, 0.1) is 5.92 Å². The maximum atomic E-state index is 9.84. The summed E-state index contributed by atoms with van der Waals surface area (Å²) in [4.78, 5) is 0. The van der Waals surface area contributed by atoms with Gasteiger partial charge in [0.25, 0.3) is 0 Å². The van der Waals surface area contributed by atoms with Crippen molar-refractivity contribution in [1.82, 2.24) is 5.32 Å². The third-order valence-electron chi connectivity index (χ3n) is 2.48. The SMILES string of the molecule is CCCC(C)(O)CNCC(C)CC. The van der Waals surface area contributed by atoms with E-state index in [9.17, 15) is 5.11 Å². The Kier molecular flexibility index (Phi) is 6.35. The highest BCUT2D eigenvalue weighted by atomic mass is 16.3. The minimum absolute atomic E-state index is 0.526. The van der Waals surface area contributed by atoms with Crippen molar-refractivity contribution in [2.75, 3.05) is 13.1 Å². The molecule has 0 spiro atoms. The van der Waals surface area contributed by atoms with Crippen molar-refractivity contribution in [2.24, 2.45) is 5.92 Å². The van der Waals surface area contributed by atoms with Crippen molar-refractivity contribution in [1.29, 1.82) is 0 Å². The molecule has 2 N–H and O–H groups in total. The molecule has 80 valence electrons. The minimum Gasteiger partial charge on any atom is -0.389 e. The Balaban J connectivity index is 3.50. The zero-order valence-electron chi connectivity index (χ0n) is 9.56. The quantitative estimate of drug-likeness (QED) is 0.640. The van der Waals surface area contributed by atoms with Crippen molar-refractivity contribution in [3.63, 3.8) is 0 Å². The van der Waals surface area contributed by atoms with Gasteiger partial charge in [0.1, 0.15) is 0 Å². The molecule has 2 nitrogen and oxygen atoms in total. The van der Waals surface area contributed by atoms with E-state index < -0.39 is 5.60 Å². The van der Waals surface area contributed by atoms with Gasteiger partial charge in [-0.2, -0.15) is 0 Å². The Hall–Kier alpha value is -0.0800. The summed E-state index contributed by atoms with van der Waals surface area (Å²) >= 11 is 0. The largest absolute Gasteiger partial charge is 0.389 e. The van der Waals surface area contributed by atoms with Crippen molar-refractivity contribution < 1.29 is 5.11 Å². The second kappa shape index (κ2) is 6.39. The molecule has 0 aliphatic heterocycles. The van der Waals surface area contributed by atoms with Gasteiger partial charge >= 0.3 is 0 Å². The number of rotatable bonds is 7. The lowest BCUT2D eigenvalue weighted by Crippen LogP contribution is -2.39. The topological polar surface area (TPSA) is 32.3 Å². The molecule has 0 aromatic carbocycles. The number of hydrogen-bond acceptors (Lipinski definition) is 2. The summed E-state index contributed by atoms with van der Waals surface area (Å²) in [5.41, 5.74) is -0.526. The van der Waals surface area contributed by atoms with Crippen LogP contribution in [-0.2, 0) is 0 Å². The molecule has 0 amide bonds. The van der Waals surface area contributed by atoms with Gasteiger partial charge in [0.2, 0.25) is 0 Å². The van der Waals surface area contributed by atoms with E-state index in [0.29, 0.717) is 12.5 Å². The number of aliphatic hydroxyl groups is 1. The van der Waals surface area contributed by atoms with Gasteiger partial charge in [0, 0.05) is 6.54 Å². The lowest BCUT2D eigenvalue weighted by molar-refractivity contribution is 0.0494. The third-order valence-corrected chi connectivity index (χ3v) is 2.48. The highest BCUT2D eigenvalue weighted by Gasteiger charge is 2.18. The zero-order valence-corrected chi connectivity index (χ0v) is 9.56. The maximum Gasteiger partial charge on any atom is 0.0743 e. The van der Waals surface area contributed by atoms with Crippen LogP contribution in [0.2, 0.25) is 0 Å². The lowest BCUT2D eigenvalue weighted by atomic mass is 10.0. The second-order valence-electron chi connectivity index (χ2n) is 4.39. The Morgan fingerprint density at radius 1 is 1.38 bits per heavy atom. The van der Waals surface area contributed by atoms with Crippen LogP contribution in [-0.4, -0.2) is 23.8 Å². The van der Waals surface area contributed by atoms with E-state index in [1.807, 2.05) is 6.92 Å². The molecule has 0 aromatic heterocycles. The molecular weight excluding hydrogens is 162 g/mol. The summed E-state index contributed by atoms with van der Waals surface area (Å²) in [7, 11) is 0. The molecular formula is C11H25NO. The van der Waals surface area contributed by atoms with Gasteiger partial charge < -0.3 is 10.4 Å². The van der Waals surface area contributed by atoms with E-state index in [1.165, 1.54) is 6.42 Å². The smallest absolute Gasteiger partial charge is 0.0743 e. The van der Waals surface area contributed by atoms with E-state index in [1.54, 1.807) is 0 Å². The summed E-state index contributed by atoms with van der Waals surface area (Å²) in [5, 5.41) is 13.1. The van der Waals surface area contributed by atoms with Gasteiger partial charge in [0.05, 0.1) is 5.60 Å². The van der Waals surface area contributed by atoms with E-state index >= 15 is 0 Å². The van der Waals surface area contributed by atoms with Gasteiger partial charge in [-0.05, 0) is 25.8 Å². The van der Waals surface area contributed by atoms with Crippen LogP contribution < -0.4 is 5.32 Å². The van der Waals surface area contributed by atoms with Crippen LogP contribution in [0.25, 0.3) is 0 Å². The molecule has 0 saturated heterocycles. The molecule has 2 unspecified atom stereocenters. The summed E-state index contributed by atoms with van der Waals surface area (Å²) in [6, 6.07) is 0. The molecule has 0 rings (SSSR count). The Morgan fingerprint density at radius 2 is 2.00 bits per heavy atom. The normalized spacial score (nSPS) is 18.2. The molecule has 0 bridgehead atoms. The zero-order chi connectivity index (χ0) is 10.3. The first-order chi connectivity index (χ1) is 6.02. The summed E-state index contributed by atoms with van der Waals surface area (Å²) in [6.07, 6.45) is 3.11. The van der Waals surface area contributed by atoms with Crippen molar-refractivity contribution in [2.45, 2.75) is 52.6 Å². The molecule has 0 fully saturated rings. The average molecular weight is 187 g/mol. The van der Waals surface area contributed by atoms with Crippen molar-refractivity contribution >= 4 is 0 Å².